The van der Waals surface area contributed by atoms with Gasteiger partial charge in [0.1, 0.15) is 11.9 Å². The summed E-state index contributed by atoms with van der Waals surface area (Å²) in [6.07, 6.45) is -0.203. The van der Waals surface area contributed by atoms with E-state index in [1.807, 2.05) is 30.3 Å². The lowest BCUT2D eigenvalue weighted by molar-refractivity contribution is -0.139. The summed E-state index contributed by atoms with van der Waals surface area (Å²) in [6, 6.07) is 15.7. The number of nitrogens with zero attached hydrogens (tertiary/aromatic N) is 1. The summed E-state index contributed by atoms with van der Waals surface area (Å²) in [5, 5.41) is 0. The molecular formula is C19H21FN2O2. The van der Waals surface area contributed by atoms with Crippen LogP contribution in [0.15, 0.2) is 54.6 Å². The summed E-state index contributed by atoms with van der Waals surface area (Å²) in [5.41, 5.74) is 7.56. The molecule has 1 amide bonds. The molecule has 126 valence electrons. The topological polar surface area (TPSA) is 55.6 Å². The van der Waals surface area contributed by atoms with Gasteiger partial charge in [0, 0.05) is 24.6 Å². The standard InChI is InChI=1S/C19H21FN2O2/c20-16-9-5-4-8-15(16)18-13-22(10-11-24-18)19(23)12-17(21)14-6-2-1-3-7-14/h1-9,17-18H,10-13,21H2. The SMILES string of the molecule is NC(CC(=O)N1CCOC(c2ccccc2F)C1)c1ccccc1. The zero-order chi connectivity index (χ0) is 16.9. The van der Waals surface area contributed by atoms with E-state index >= 15 is 0 Å². The molecule has 2 unspecified atom stereocenters. The summed E-state index contributed by atoms with van der Waals surface area (Å²) >= 11 is 0. The number of carbonyl (C=O) groups excluding carboxylic acids is 1. The van der Waals surface area contributed by atoms with E-state index in [0.717, 1.165) is 5.56 Å². The lowest BCUT2D eigenvalue weighted by atomic mass is 10.0. The van der Waals surface area contributed by atoms with Crippen molar-refractivity contribution in [2.45, 2.75) is 18.6 Å². The van der Waals surface area contributed by atoms with Crippen LogP contribution in [0.3, 0.4) is 0 Å². The molecule has 0 spiro atoms. The fourth-order valence-corrected chi connectivity index (χ4v) is 2.94. The van der Waals surface area contributed by atoms with E-state index in [4.69, 9.17) is 10.5 Å². The highest BCUT2D eigenvalue weighted by Gasteiger charge is 2.27. The summed E-state index contributed by atoms with van der Waals surface area (Å²) in [4.78, 5) is 14.3. The van der Waals surface area contributed by atoms with Crippen LogP contribution in [0.5, 0.6) is 0 Å². The van der Waals surface area contributed by atoms with E-state index in [2.05, 4.69) is 0 Å². The van der Waals surface area contributed by atoms with Crippen molar-refractivity contribution in [3.8, 4) is 0 Å². The van der Waals surface area contributed by atoms with Crippen molar-refractivity contribution >= 4 is 5.91 Å². The quantitative estimate of drug-likeness (QED) is 0.939. The van der Waals surface area contributed by atoms with Crippen molar-refractivity contribution in [3.05, 3.63) is 71.5 Å². The Bertz CT molecular complexity index is 693. The molecular weight excluding hydrogens is 307 g/mol. The molecule has 2 N–H and O–H groups in total. The molecule has 1 saturated heterocycles. The Labute approximate surface area is 141 Å². The smallest absolute Gasteiger partial charge is 0.224 e. The van der Waals surface area contributed by atoms with Crippen LogP contribution in [0.1, 0.15) is 29.7 Å². The molecule has 24 heavy (non-hydrogen) atoms. The van der Waals surface area contributed by atoms with Crippen LogP contribution in [0.2, 0.25) is 0 Å². The van der Waals surface area contributed by atoms with Gasteiger partial charge < -0.3 is 15.4 Å². The van der Waals surface area contributed by atoms with Crippen molar-refractivity contribution in [1.82, 2.24) is 4.90 Å². The molecule has 0 aromatic heterocycles. The van der Waals surface area contributed by atoms with Gasteiger partial charge in [-0.25, -0.2) is 4.39 Å². The van der Waals surface area contributed by atoms with Crippen molar-refractivity contribution in [2.75, 3.05) is 19.7 Å². The van der Waals surface area contributed by atoms with Crippen LogP contribution in [0, 0.1) is 5.82 Å². The molecule has 0 aliphatic carbocycles. The largest absolute Gasteiger partial charge is 0.370 e. The predicted molar refractivity (Wildman–Crippen MR) is 89.7 cm³/mol. The monoisotopic (exact) mass is 328 g/mol. The van der Waals surface area contributed by atoms with Gasteiger partial charge in [-0.1, -0.05) is 48.5 Å². The van der Waals surface area contributed by atoms with Gasteiger partial charge in [0.05, 0.1) is 13.2 Å². The first kappa shape index (κ1) is 16.6. The lowest BCUT2D eigenvalue weighted by Gasteiger charge is -2.34. The number of morpholine rings is 1. The molecule has 1 fully saturated rings. The fourth-order valence-electron chi connectivity index (χ4n) is 2.94. The van der Waals surface area contributed by atoms with Gasteiger partial charge in [-0.05, 0) is 11.6 Å². The van der Waals surface area contributed by atoms with Crippen molar-refractivity contribution in [2.24, 2.45) is 5.73 Å². The maximum Gasteiger partial charge on any atom is 0.224 e. The van der Waals surface area contributed by atoms with Crippen molar-refractivity contribution in [3.63, 3.8) is 0 Å². The Hall–Kier alpha value is -2.24. The lowest BCUT2D eigenvalue weighted by Crippen LogP contribution is -2.43. The number of nitrogens with two attached hydrogens (primary N) is 1. The van der Waals surface area contributed by atoms with E-state index in [9.17, 15) is 9.18 Å². The van der Waals surface area contributed by atoms with Gasteiger partial charge in [0.2, 0.25) is 5.91 Å². The number of ether oxygens (including phenoxy) is 1. The number of amides is 1. The van der Waals surface area contributed by atoms with Gasteiger partial charge in [0.15, 0.2) is 0 Å². The van der Waals surface area contributed by atoms with E-state index in [-0.39, 0.29) is 24.2 Å². The first-order chi connectivity index (χ1) is 11.6. The second kappa shape index (κ2) is 7.55. The highest BCUT2D eigenvalue weighted by molar-refractivity contribution is 5.77. The van der Waals surface area contributed by atoms with Crippen LogP contribution < -0.4 is 5.73 Å². The van der Waals surface area contributed by atoms with Gasteiger partial charge in [-0.2, -0.15) is 0 Å². The van der Waals surface area contributed by atoms with Crippen LogP contribution >= 0.6 is 0 Å². The molecule has 5 heteroatoms. The van der Waals surface area contributed by atoms with Gasteiger partial charge in [0.25, 0.3) is 0 Å². The van der Waals surface area contributed by atoms with Gasteiger partial charge >= 0.3 is 0 Å². The Morgan fingerprint density at radius 1 is 1.21 bits per heavy atom. The molecule has 0 bridgehead atoms. The Kier molecular flexibility index (Phi) is 5.23. The van der Waals surface area contributed by atoms with E-state index < -0.39 is 6.10 Å². The molecule has 1 heterocycles. The zero-order valence-electron chi connectivity index (χ0n) is 13.4. The Morgan fingerprint density at radius 3 is 2.67 bits per heavy atom. The third-order valence-electron chi connectivity index (χ3n) is 4.29. The average molecular weight is 328 g/mol. The third kappa shape index (κ3) is 3.80. The van der Waals surface area contributed by atoms with Crippen molar-refractivity contribution < 1.29 is 13.9 Å². The van der Waals surface area contributed by atoms with Crippen LogP contribution in [0.4, 0.5) is 4.39 Å². The minimum Gasteiger partial charge on any atom is -0.370 e. The first-order valence-corrected chi connectivity index (χ1v) is 8.09. The molecule has 1 aliphatic rings. The van der Waals surface area contributed by atoms with E-state index in [1.54, 1.807) is 23.1 Å². The minimum absolute atomic E-state index is 0.0315. The molecule has 4 nitrogen and oxygen atoms in total. The maximum absolute atomic E-state index is 13.9. The fraction of sp³-hybridized carbons (Fsp3) is 0.316. The number of benzene rings is 2. The summed E-state index contributed by atoms with van der Waals surface area (Å²) < 4.78 is 19.6. The zero-order valence-corrected chi connectivity index (χ0v) is 13.4. The van der Waals surface area contributed by atoms with Crippen LogP contribution in [0.25, 0.3) is 0 Å². The Balaban J connectivity index is 1.64. The van der Waals surface area contributed by atoms with E-state index in [1.165, 1.54) is 6.07 Å². The average Bonchev–Trinajstić information content (AvgIpc) is 2.63. The molecule has 0 saturated carbocycles. The predicted octanol–water partition coefficient (Wildman–Crippen LogP) is 2.82. The summed E-state index contributed by atoms with van der Waals surface area (Å²) in [6.45, 7) is 1.25. The number of hydrogen-bond acceptors (Lipinski definition) is 3. The summed E-state index contributed by atoms with van der Waals surface area (Å²) in [5.74, 6) is -0.339. The van der Waals surface area contributed by atoms with Crippen molar-refractivity contribution in [1.29, 1.82) is 0 Å². The Morgan fingerprint density at radius 2 is 1.92 bits per heavy atom. The highest BCUT2D eigenvalue weighted by atomic mass is 19.1. The molecule has 1 aliphatic heterocycles. The normalized spacial score (nSPS) is 19.1. The number of rotatable bonds is 4. The van der Waals surface area contributed by atoms with Gasteiger partial charge in [-0.3, -0.25) is 4.79 Å². The second-order valence-electron chi connectivity index (χ2n) is 5.94. The summed E-state index contributed by atoms with van der Waals surface area (Å²) in [7, 11) is 0. The second-order valence-corrected chi connectivity index (χ2v) is 5.94. The number of halogens is 1. The molecule has 3 rings (SSSR count). The number of hydrogen-bond donors (Lipinski definition) is 1. The maximum atomic E-state index is 13.9. The molecule has 0 radical (unpaired) electrons. The molecule has 2 aromatic carbocycles. The molecule has 2 atom stereocenters. The molecule has 2 aromatic rings. The van der Waals surface area contributed by atoms with Crippen LogP contribution in [-0.4, -0.2) is 30.5 Å². The minimum atomic E-state index is -0.433. The third-order valence-corrected chi connectivity index (χ3v) is 4.29. The number of carbonyl (C=O) groups is 1. The van der Waals surface area contributed by atoms with Crippen LogP contribution in [-0.2, 0) is 9.53 Å². The van der Waals surface area contributed by atoms with Gasteiger partial charge in [-0.15, -0.1) is 0 Å². The highest BCUT2D eigenvalue weighted by Crippen LogP contribution is 2.25. The first-order valence-electron chi connectivity index (χ1n) is 8.09. The van der Waals surface area contributed by atoms with E-state index in [0.29, 0.717) is 25.3 Å².